The molecule has 0 aromatic rings. The van der Waals surface area contributed by atoms with Gasteiger partial charge in [0.05, 0.1) is 6.61 Å². The van der Waals surface area contributed by atoms with Crippen molar-refractivity contribution in [3.05, 3.63) is 0 Å². The van der Waals surface area contributed by atoms with E-state index in [2.05, 4.69) is 5.32 Å². The number of hydrogen-bond acceptors (Lipinski definition) is 6. The van der Waals surface area contributed by atoms with Crippen LogP contribution < -0.4 is 5.32 Å². The van der Waals surface area contributed by atoms with Crippen LogP contribution in [0.25, 0.3) is 0 Å². The summed E-state index contributed by atoms with van der Waals surface area (Å²) in [6, 6.07) is 0. The van der Waals surface area contributed by atoms with Crippen LogP contribution in [0.2, 0.25) is 0 Å². The van der Waals surface area contributed by atoms with Crippen molar-refractivity contribution in [1.82, 2.24) is 5.32 Å². The first-order valence-corrected chi connectivity index (χ1v) is 5.65. The molecule has 7 nitrogen and oxygen atoms in total. The van der Waals surface area contributed by atoms with Gasteiger partial charge in [-0.25, -0.2) is 0 Å². The van der Waals surface area contributed by atoms with Gasteiger partial charge in [-0.05, 0) is 0 Å². The third-order valence-corrected chi connectivity index (χ3v) is 2.78. The van der Waals surface area contributed by atoms with Crippen LogP contribution in [0.4, 0.5) is 0 Å². The Morgan fingerprint density at radius 3 is 2.44 bits per heavy atom. The van der Waals surface area contributed by atoms with Crippen LogP contribution in [0, 0.1) is 5.41 Å². The maximum absolute atomic E-state index is 11.9. The Morgan fingerprint density at radius 1 is 1.33 bits per heavy atom. The average Bonchev–Trinajstić information content (AvgIpc) is 2.39. The summed E-state index contributed by atoms with van der Waals surface area (Å²) in [7, 11) is 0. The van der Waals surface area contributed by atoms with Crippen molar-refractivity contribution in [2.45, 2.75) is 51.4 Å². The molecule has 1 unspecified atom stereocenters. The molecular weight excluding hydrogens is 242 g/mol. The molecule has 5 N–H and O–H groups in total. The van der Waals surface area contributed by atoms with E-state index in [4.69, 9.17) is 11.2 Å². The van der Waals surface area contributed by atoms with Crippen molar-refractivity contribution in [3.63, 3.8) is 0 Å². The summed E-state index contributed by atoms with van der Waals surface area (Å²) >= 11 is 0. The summed E-state index contributed by atoms with van der Waals surface area (Å²) in [6.07, 6.45) is -6.81. The fourth-order valence-corrected chi connectivity index (χ4v) is 1.55. The van der Waals surface area contributed by atoms with E-state index >= 15 is 0 Å². The quantitative estimate of drug-likeness (QED) is 0.391. The first-order chi connectivity index (χ1) is 8.74. The second-order valence-electron chi connectivity index (χ2n) is 5.11. The third-order valence-electron chi connectivity index (χ3n) is 2.78. The monoisotopic (exact) mass is 264 g/mol. The Labute approximate surface area is 107 Å². The highest BCUT2D eigenvalue weighted by atomic mass is 16.6. The van der Waals surface area contributed by atoms with Crippen molar-refractivity contribution >= 4 is 5.91 Å². The van der Waals surface area contributed by atoms with Gasteiger partial charge >= 0.3 is 0 Å². The van der Waals surface area contributed by atoms with Gasteiger partial charge < -0.3 is 30.5 Å². The van der Waals surface area contributed by atoms with Gasteiger partial charge in [0.15, 0.2) is 6.23 Å². The molecule has 7 heteroatoms. The van der Waals surface area contributed by atoms with Crippen LogP contribution >= 0.6 is 0 Å². The van der Waals surface area contributed by atoms with Crippen molar-refractivity contribution in [3.8, 4) is 0 Å². The average molecular weight is 264 g/mol. The van der Waals surface area contributed by atoms with E-state index in [0.717, 1.165) is 0 Å². The molecule has 106 valence electrons. The second-order valence-corrected chi connectivity index (χ2v) is 5.11. The van der Waals surface area contributed by atoms with Crippen molar-refractivity contribution in [2.75, 3.05) is 6.61 Å². The summed E-state index contributed by atoms with van der Waals surface area (Å²) in [5.41, 5.74) is -0.973. The Hall–Kier alpha value is -0.730. The molecule has 0 bridgehead atoms. The molecule has 1 aliphatic heterocycles. The molecule has 18 heavy (non-hydrogen) atoms. The van der Waals surface area contributed by atoms with Gasteiger partial charge in [-0.15, -0.1) is 0 Å². The number of rotatable bonds is 2. The molecule has 0 spiro atoms. The van der Waals surface area contributed by atoms with E-state index in [9.17, 15) is 20.1 Å². The molecule has 1 rings (SSSR count). The predicted octanol–water partition coefficient (Wildman–Crippen LogP) is -2.05. The fraction of sp³-hybridized carbons (Fsp3) is 0.909. The van der Waals surface area contributed by atoms with Crippen molar-refractivity contribution in [1.29, 1.82) is 0 Å². The second kappa shape index (κ2) is 5.50. The van der Waals surface area contributed by atoms with Crippen LogP contribution in [0.15, 0.2) is 0 Å². The zero-order valence-electron chi connectivity index (χ0n) is 11.4. The maximum atomic E-state index is 11.9. The molecule has 0 aliphatic carbocycles. The molecule has 0 saturated carbocycles. The first kappa shape index (κ1) is 13.7. The van der Waals surface area contributed by atoms with Crippen molar-refractivity contribution < 1.29 is 31.3 Å². The highest BCUT2D eigenvalue weighted by Gasteiger charge is 2.44. The van der Waals surface area contributed by atoms with Gasteiger partial charge in [-0.2, -0.15) is 0 Å². The number of carbonyl (C=O) groups excluding carboxylic acids is 1. The topological polar surface area (TPSA) is 119 Å². The Morgan fingerprint density at radius 2 is 1.94 bits per heavy atom. The number of carbonyl (C=O) groups is 1. The minimum absolute atomic E-state index is 0.156. The van der Waals surface area contributed by atoms with Gasteiger partial charge in [0.25, 0.3) is 0 Å². The van der Waals surface area contributed by atoms with E-state index in [-0.39, 0.29) is 6.90 Å². The lowest BCUT2D eigenvalue weighted by atomic mass is 9.94. The number of ether oxygens (including phenoxy) is 1. The fourth-order valence-electron chi connectivity index (χ4n) is 1.55. The van der Waals surface area contributed by atoms with Gasteiger partial charge in [-0.1, -0.05) is 20.7 Å². The smallest absolute Gasteiger partial charge is 0.227 e. The van der Waals surface area contributed by atoms with Crippen molar-refractivity contribution in [2.24, 2.45) is 5.41 Å². The highest BCUT2D eigenvalue weighted by molar-refractivity contribution is 5.81. The number of amides is 1. The first-order valence-electron chi connectivity index (χ1n) is 6.36. The predicted molar refractivity (Wildman–Crippen MR) is 61.4 cm³/mol. The number of aliphatic hydroxyl groups is 4. The summed E-state index contributed by atoms with van der Waals surface area (Å²) in [6.45, 7) is 2.40. The van der Waals surface area contributed by atoms with Gasteiger partial charge in [0.1, 0.15) is 24.4 Å². The van der Waals surface area contributed by atoms with Crippen LogP contribution in [0.5, 0.6) is 0 Å². The lowest BCUT2D eigenvalue weighted by Crippen LogP contribution is -2.64. The van der Waals surface area contributed by atoms with E-state index < -0.39 is 48.6 Å². The van der Waals surface area contributed by atoms with E-state index in [0.29, 0.717) is 0 Å². The molecule has 0 aromatic heterocycles. The van der Waals surface area contributed by atoms with Gasteiger partial charge in [0.2, 0.25) is 5.91 Å². The van der Waals surface area contributed by atoms with E-state index in [1.54, 1.807) is 13.8 Å². The summed E-state index contributed by atoms with van der Waals surface area (Å²) in [5, 5.41) is 40.2. The summed E-state index contributed by atoms with van der Waals surface area (Å²) in [5.74, 6) is -0.521. The molecule has 1 amide bonds. The Bertz CT molecular complexity index is 324. The number of aliphatic hydroxyl groups excluding tert-OH is 4. The zero-order chi connectivity index (χ0) is 14.8. The molecule has 0 aromatic carbocycles. The molecule has 0 radical (unpaired) electrons. The zero-order valence-corrected chi connectivity index (χ0v) is 10.4. The molecule has 1 fully saturated rings. The largest absolute Gasteiger partial charge is 0.394 e. The van der Waals surface area contributed by atoms with Crippen LogP contribution in [-0.4, -0.2) is 63.6 Å². The van der Waals surface area contributed by atoms with E-state index in [1.807, 2.05) is 0 Å². The minimum atomic E-state index is -1.53. The SMILES string of the molecule is [2H]CC(C)(C)C(=O)NC1O[C@H](CO)[C@H](O)[C@H](O)[C@H]1O. The minimum Gasteiger partial charge on any atom is -0.394 e. The summed E-state index contributed by atoms with van der Waals surface area (Å²) in [4.78, 5) is 11.9. The van der Waals surface area contributed by atoms with Crippen LogP contribution in [-0.2, 0) is 9.53 Å². The van der Waals surface area contributed by atoms with Crippen LogP contribution in [0.3, 0.4) is 0 Å². The standard InChI is InChI=1S/C11H21NO6/c1-11(2,3)10(17)12-9-8(16)7(15)6(14)5(4-13)18-9/h5-9,13-16H,4H2,1-3H3,(H,12,17)/t5-,6+,7+,8-,9?/m1/s1/i1D. The molecule has 1 saturated heterocycles. The van der Waals surface area contributed by atoms with E-state index in [1.165, 1.54) is 0 Å². The van der Waals surface area contributed by atoms with Gasteiger partial charge in [0, 0.05) is 6.79 Å². The molecule has 5 atom stereocenters. The van der Waals surface area contributed by atoms with Crippen LogP contribution in [0.1, 0.15) is 22.1 Å². The normalized spacial score (nSPS) is 38.1. The molecule has 1 aliphatic rings. The number of hydrogen-bond donors (Lipinski definition) is 5. The molecular formula is C11H21NO6. The lowest BCUT2D eigenvalue weighted by Gasteiger charge is -2.40. The Balaban J connectivity index is 2.75. The Kier molecular flexibility index (Phi) is 4.18. The highest BCUT2D eigenvalue weighted by Crippen LogP contribution is 2.21. The number of nitrogens with one attached hydrogen (secondary N) is 1. The lowest BCUT2D eigenvalue weighted by molar-refractivity contribution is -0.236. The summed E-state index contributed by atoms with van der Waals surface area (Å²) < 4.78 is 12.4. The maximum Gasteiger partial charge on any atom is 0.227 e. The van der Waals surface area contributed by atoms with Gasteiger partial charge in [-0.3, -0.25) is 4.79 Å². The molecule has 1 heterocycles. The third kappa shape index (κ3) is 3.18.